The van der Waals surface area contributed by atoms with Gasteiger partial charge in [-0.2, -0.15) is 5.26 Å². The molecule has 0 aliphatic heterocycles. The van der Waals surface area contributed by atoms with Crippen molar-refractivity contribution in [2.24, 2.45) is 5.73 Å². The lowest BCUT2D eigenvalue weighted by molar-refractivity contribution is 0.543. The van der Waals surface area contributed by atoms with E-state index in [0.717, 1.165) is 21.8 Å². The van der Waals surface area contributed by atoms with Crippen molar-refractivity contribution in [3.63, 3.8) is 0 Å². The van der Waals surface area contributed by atoms with Gasteiger partial charge >= 0.3 is 0 Å². The molecule has 234 valence electrons. The summed E-state index contributed by atoms with van der Waals surface area (Å²) in [6.07, 6.45) is 4.56. The lowest BCUT2D eigenvalue weighted by Crippen LogP contribution is -2.35. The molecule has 0 radical (unpaired) electrons. The minimum Gasteiger partial charge on any atom is -0.327 e. The molecule has 43 heavy (non-hydrogen) atoms. The highest BCUT2D eigenvalue weighted by Gasteiger charge is 2.19. The van der Waals surface area contributed by atoms with Gasteiger partial charge in [-0.3, -0.25) is 9.97 Å². The van der Waals surface area contributed by atoms with Gasteiger partial charge in [0.15, 0.2) is 19.7 Å². The number of benzene rings is 2. The number of nitrogens with one attached hydrogen (secondary N) is 1. The third-order valence-corrected chi connectivity index (χ3v) is 9.87. The predicted octanol–water partition coefficient (Wildman–Crippen LogP) is 4.77. The Labute approximate surface area is 267 Å². The van der Waals surface area contributed by atoms with Crippen molar-refractivity contribution >= 4 is 66.3 Å². The number of nitrogens with zero attached hydrogens (tertiary/aromatic N) is 3. The maximum Gasteiger partial charge on any atom is 0.156 e. The predicted molar refractivity (Wildman–Crippen MR) is 179 cm³/mol. The SMILES string of the molecule is CC[C@@H](CS(=O)(=O)Cc1cnc2ccccc2c1)NCC#N.CC[C@H](N)CS(=O)(=O)Cc1cnc2ccccc2c1.Cl.Cl. The maximum absolute atomic E-state index is 12.3. The van der Waals surface area contributed by atoms with Gasteiger partial charge in [-0.25, -0.2) is 16.8 Å². The summed E-state index contributed by atoms with van der Waals surface area (Å²) >= 11 is 0. The maximum atomic E-state index is 12.3. The molecule has 9 nitrogen and oxygen atoms in total. The van der Waals surface area contributed by atoms with E-state index in [1.807, 2.05) is 80.6 Å². The molecule has 2 aromatic heterocycles. The highest BCUT2D eigenvalue weighted by Crippen LogP contribution is 2.17. The molecule has 3 N–H and O–H groups in total. The second-order valence-electron chi connectivity index (χ2n) is 9.99. The van der Waals surface area contributed by atoms with Crippen LogP contribution in [0.3, 0.4) is 0 Å². The summed E-state index contributed by atoms with van der Waals surface area (Å²) in [5, 5.41) is 13.4. The molecule has 0 aliphatic carbocycles. The molecule has 4 rings (SSSR count). The van der Waals surface area contributed by atoms with Crippen LogP contribution in [0.2, 0.25) is 0 Å². The van der Waals surface area contributed by atoms with E-state index in [-0.39, 0.29) is 66.5 Å². The van der Waals surface area contributed by atoms with Crippen molar-refractivity contribution in [1.82, 2.24) is 15.3 Å². The van der Waals surface area contributed by atoms with Gasteiger partial charge in [0.05, 0.1) is 46.7 Å². The van der Waals surface area contributed by atoms with Crippen LogP contribution in [-0.2, 0) is 31.2 Å². The zero-order chi connectivity index (χ0) is 29.9. The van der Waals surface area contributed by atoms with E-state index in [4.69, 9.17) is 11.0 Å². The molecule has 2 heterocycles. The molecule has 0 unspecified atom stereocenters. The molecule has 0 bridgehead atoms. The number of halogens is 2. The number of hydrogen-bond donors (Lipinski definition) is 2. The van der Waals surface area contributed by atoms with E-state index >= 15 is 0 Å². The highest BCUT2D eigenvalue weighted by molar-refractivity contribution is 7.90. The third-order valence-electron chi connectivity index (χ3n) is 6.48. The van der Waals surface area contributed by atoms with Gasteiger partial charge in [-0.05, 0) is 48.2 Å². The van der Waals surface area contributed by atoms with Crippen LogP contribution in [0.25, 0.3) is 21.8 Å². The first-order valence-electron chi connectivity index (χ1n) is 13.5. The van der Waals surface area contributed by atoms with E-state index < -0.39 is 19.7 Å². The van der Waals surface area contributed by atoms with Gasteiger partial charge in [-0.15, -0.1) is 24.8 Å². The molecule has 0 amide bonds. The molecular weight excluding hydrogens is 629 g/mol. The minimum atomic E-state index is -3.26. The fraction of sp³-hybridized carbons (Fsp3) is 0.367. The van der Waals surface area contributed by atoms with E-state index in [2.05, 4.69) is 15.3 Å². The largest absolute Gasteiger partial charge is 0.327 e. The molecule has 2 aromatic carbocycles. The summed E-state index contributed by atoms with van der Waals surface area (Å²) in [6, 6.07) is 20.5. The molecular formula is C30H39Cl2N5O4S2. The fourth-order valence-electron chi connectivity index (χ4n) is 4.28. The summed E-state index contributed by atoms with van der Waals surface area (Å²) in [5.74, 6) is 0.0163. The lowest BCUT2D eigenvalue weighted by atomic mass is 10.2. The Bertz CT molecular complexity index is 1710. The van der Waals surface area contributed by atoms with Gasteiger partial charge < -0.3 is 11.1 Å². The quantitative estimate of drug-likeness (QED) is 0.203. The van der Waals surface area contributed by atoms with Crippen molar-refractivity contribution in [1.29, 1.82) is 5.26 Å². The average molecular weight is 669 g/mol. The normalized spacial score (nSPS) is 12.6. The first kappa shape index (κ1) is 38.2. The topological polar surface area (TPSA) is 156 Å². The van der Waals surface area contributed by atoms with Crippen LogP contribution in [0.1, 0.15) is 37.8 Å². The smallest absolute Gasteiger partial charge is 0.156 e. The first-order chi connectivity index (χ1) is 19.5. The number of nitrogens with two attached hydrogens (primary N) is 1. The van der Waals surface area contributed by atoms with Gasteiger partial charge in [-0.1, -0.05) is 50.2 Å². The number of hydrogen-bond acceptors (Lipinski definition) is 9. The van der Waals surface area contributed by atoms with E-state index in [9.17, 15) is 16.8 Å². The van der Waals surface area contributed by atoms with E-state index in [1.165, 1.54) is 0 Å². The number of pyridine rings is 2. The van der Waals surface area contributed by atoms with Crippen LogP contribution in [0, 0.1) is 11.3 Å². The Morgan fingerprint density at radius 2 is 1.26 bits per heavy atom. The van der Waals surface area contributed by atoms with Crippen LogP contribution in [0.5, 0.6) is 0 Å². The molecule has 0 fully saturated rings. The van der Waals surface area contributed by atoms with Crippen LogP contribution >= 0.6 is 24.8 Å². The summed E-state index contributed by atoms with van der Waals surface area (Å²) < 4.78 is 48.6. The third kappa shape index (κ3) is 12.7. The van der Waals surface area contributed by atoms with Crippen molar-refractivity contribution < 1.29 is 16.8 Å². The zero-order valence-corrected chi connectivity index (χ0v) is 27.5. The Balaban J connectivity index is 0.000000415. The van der Waals surface area contributed by atoms with Crippen LogP contribution in [0.4, 0.5) is 0 Å². The number of sulfone groups is 2. The van der Waals surface area contributed by atoms with E-state index in [0.29, 0.717) is 24.0 Å². The zero-order valence-electron chi connectivity index (χ0n) is 24.2. The summed E-state index contributed by atoms with van der Waals surface area (Å²) in [5.41, 5.74) is 8.83. The lowest BCUT2D eigenvalue weighted by Gasteiger charge is -2.15. The van der Waals surface area contributed by atoms with Crippen molar-refractivity contribution in [2.45, 2.75) is 50.3 Å². The van der Waals surface area contributed by atoms with Crippen LogP contribution < -0.4 is 11.1 Å². The fourth-order valence-corrected chi connectivity index (χ4v) is 7.70. The Morgan fingerprint density at radius 3 is 1.70 bits per heavy atom. The highest BCUT2D eigenvalue weighted by atomic mass is 35.5. The monoisotopic (exact) mass is 667 g/mol. The Kier molecular flexibility index (Phi) is 16.0. The molecule has 4 aromatic rings. The molecule has 13 heteroatoms. The molecule has 0 spiro atoms. The number of fused-ring (bicyclic) bond motifs is 2. The number of para-hydroxylation sites is 2. The van der Waals surface area contributed by atoms with Crippen molar-refractivity contribution in [3.8, 4) is 6.07 Å². The first-order valence-corrected chi connectivity index (χ1v) is 17.1. The second-order valence-corrected chi connectivity index (χ2v) is 14.2. The van der Waals surface area contributed by atoms with E-state index in [1.54, 1.807) is 12.4 Å². The van der Waals surface area contributed by atoms with Crippen molar-refractivity contribution in [2.75, 3.05) is 18.1 Å². The summed E-state index contributed by atoms with van der Waals surface area (Å²) in [7, 11) is -6.44. The minimum absolute atomic E-state index is 0. The van der Waals surface area contributed by atoms with Gasteiger partial charge in [0.1, 0.15) is 0 Å². The van der Waals surface area contributed by atoms with Crippen LogP contribution in [0.15, 0.2) is 73.1 Å². The second kappa shape index (κ2) is 18.1. The molecule has 0 saturated carbocycles. The van der Waals surface area contributed by atoms with Gasteiger partial charge in [0.25, 0.3) is 0 Å². The number of aromatic nitrogens is 2. The number of rotatable bonds is 12. The summed E-state index contributed by atoms with van der Waals surface area (Å²) in [4.78, 5) is 8.56. The van der Waals surface area contributed by atoms with Gasteiger partial charge in [0.2, 0.25) is 0 Å². The Hall–Kier alpha value is -2.85. The van der Waals surface area contributed by atoms with Crippen LogP contribution in [-0.4, -0.2) is 56.9 Å². The number of nitriles is 1. The summed E-state index contributed by atoms with van der Waals surface area (Å²) in [6.45, 7) is 3.95. The van der Waals surface area contributed by atoms with Crippen molar-refractivity contribution in [3.05, 3.63) is 84.2 Å². The Morgan fingerprint density at radius 1 is 0.791 bits per heavy atom. The molecule has 2 atom stereocenters. The van der Waals surface area contributed by atoms with Gasteiger partial charge in [0, 0.05) is 35.2 Å². The molecule has 0 saturated heterocycles. The average Bonchev–Trinajstić information content (AvgIpc) is 2.94. The standard InChI is InChI=1S/C16H19N3O2S.C14H18N2O2S.2ClH/c1-2-15(18-8-7-17)12-22(20,21)11-13-9-14-5-3-4-6-16(14)19-10-13;1-2-13(15)10-19(17,18)9-11-7-12-5-3-4-6-14(12)16-8-11;;/h3-6,9-10,15,18H,2,8,11-12H2,1H3;3-8,13H,2,9-10,15H2,1H3;2*1H/t15-;13-;;/m00../s1. The molecule has 0 aliphatic rings.